The molecule has 2 unspecified atom stereocenters. The summed E-state index contributed by atoms with van der Waals surface area (Å²) in [4.78, 5) is 14.6. The van der Waals surface area contributed by atoms with Crippen molar-refractivity contribution in [1.82, 2.24) is 4.90 Å². The average molecular weight is 326 g/mol. The zero-order valence-electron chi connectivity index (χ0n) is 13.9. The number of hydrogen-bond acceptors (Lipinski definition) is 2. The number of hydrogen-bond donors (Lipinski definition) is 1. The summed E-state index contributed by atoms with van der Waals surface area (Å²) >= 11 is 0. The summed E-state index contributed by atoms with van der Waals surface area (Å²) < 4.78 is 13.1. The molecule has 0 radical (unpaired) electrons. The van der Waals surface area contributed by atoms with Gasteiger partial charge in [-0.2, -0.15) is 0 Å². The fourth-order valence-corrected chi connectivity index (χ4v) is 3.48. The van der Waals surface area contributed by atoms with E-state index in [-0.39, 0.29) is 23.7 Å². The molecule has 0 saturated carbocycles. The highest BCUT2D eigenvalue weighted by Crippen LogP contribution is 2.32. The highest BCUT2D eigenvalue weighted by atomic mass is 19.1. The summed E-state index contributed by atoms with van der Waals surface area (Å²) in [6.45, 7) is 2.70. The van der Waals surface area contributed by atoms with Gasteiger partial charge in [0.25, 0.3) is 0 Å². The standard InChI is InChI=1S/C20H23FN2O/c1-14-11-17(16-7-9-18(21)10-8-16)13-23(14)20(24)19(22)12-15-5-3-2-4-6-15/h2-10,14,17,19H,11-13,22H2,1H3/t14?,17?,19-/m0/s1. The molecule has 1 heterocycles. The van der Waals surface area contributed by atoms with E-state index in [1.165, 1.54) is 12.1 Å². The van der Waals surface area contributed by atoms with E-state index in [0.717, 1.165) is 17.5 Å². The van der Waals surface area contributed by atoms with E-state index in [0.29, 0.717) is 13.0 Å². The topological polar surface area (TPSA) is 46.3 Å². The molecule has 3 atom stereocenters. The molecule has 2 aromatic rings. The maximum atomic E-state index is 13.1. The van der Waals surface area contributed by atoms with Crippen LogP contribution in [0.4, 0.5) is 4.39 Å². The Kier molecular flexibility index (Phi) is 4.95. The Balaban J connectivity index is 1.65. The van der Waals surface area contributed by atoms with Crippen LogP contribution in [0.2, 0.25) is 0 Å². The maximum Gasteiger partial charge on any atom is 0.240 e. The Morgan fingerprint density at radius 1 is 1.21 bits per heavy atom. The molecule has 0 aromatic heterocycles. The lowest BCUT2D eigenvalue weighted by Gasteiger charge is -2.25. The second-order valence-corrected chi connectivity index (χ2v) is 6.62. The minimum atomic E-state index is -0.526. The smallest absolute Gasteiger partial charge is 0.240 e. The number of rotatable bonds is 4. The van der Waals surface area contributed by atoms with Gasteiger partial charge < -0.3 is 10.6 Å². The number of carbonyl (C=O) groups excluding carboxylic acids is 1. The summed E-state index contributed by atoms with van der Waals surface area (Å²) in [5.74, 6) is 0.00653. The SMILES string of the molecule is CC1CC(c2ccc(F)cc2)CN1C(=O)[C@@H](N)Cc1ccccc1. The highest BCUT2D eigenvalue weighted by Gasteiger charge is 2.35. The van der Waals surface area contributed by atoms with Crippen molar-refractivity contribution in [2.75, 3.05) is 6.54 Å². The molecule has 1 amide bonds. The van der Waals surface area contributed by atoms with Crippen molar-refractivity contribution in [3.05, 3.63) is 71.5 Å². The van der Waals surface area contributed by atoms with Gasteiger partial charge in [-0.25, -0.2) is 4.39 Å². The monoisotopic (exact) mass is 326 g/mol. The summed E-state index contributed by atoms with van der Waals surface area (Å²) in [7, 11) is 0. The Morgan fingerprint density at radius 3 is 2.54 bits per heavy atom. The molecular formula is C20H23FN2O. The fourth-order valence-electron chi connectivity index (χ4n) is 3.48. The second-order valence-electron chi connectivity index (χ2n) is 6.62. The zero-order valence-corrected chi connectivity index (χ0v) is 13.9. The number of nitrogens with two attached hydrogens (primary N) is 1. The van der Waals surface area contributed by atoms with Gasteiger partial charge in [0.15, 0.2) is 0 Å². The van der Waals surface area contributed by atoms with Crippen LogP contribution in [0.3, 0.4) is 0 Å². The molecule has 2 N–H and O–H groups in total. The molecule has 0 bridgehead atoms. The predicted molar refractivity (Wildman–Crippen MR) is 93.1 cm³/mol. The molecular weight excluding hydrogens is 303 g/mol. The summed E-state index contributed by atoms with van der Waals surface area (Å²) in [5, 5.41) is 0. The largest absolute Gasteiger partial charge is 0.338 e. The van der Waals surface area contributed by atoms with E-state index in [9.17, 15) is 9.18 Å². The lowest BCUT2D eigenvalue weighted by atomic mass is 9.97. The van der Waals surface area contributed by atoms with E-state index in [1.807, 2.05) is 47.4 Å². The van der Waals surface area contributed by atoms with Gasteiger partial charge in [-0.05, 0) is 43.0 Å². The van der Waals surface area contributed by atoms with E-state index in [2.05, 4.69) is 6.92 Å². The van der Waals surface area contributed by atoms with Gasteiger partial charge in [0.05, 0.1) is 6.04 Å². The first-order valence-electron chi connectivity index (χ1n) is 8.40. The molecule has 2 aromatic carbocycles. The number of likely N-dealkylation sites (tertiary alicyclic amines) is 1. The van der Waals surface area contributed by atoms with E-state index >= 15 is 0 Å². The van der Waals surface area contributed by atoms with Crippen molar-refractivity contribution in [2.45, 2.75) is 37.8 Å². The third-order valence-corrected chi connectivity index (χ3v) is 4.81. The summed E-state index contributed by atoms with van der Waals surface area (Å²) in [6, 6.07) is 16.0. The first-order valence-corrected chi connectivity index (χ1v) is 8.40. The van der Waals surface area contributed by atoms with Gasteiger partial charge in [-0.15, -0.1) is 0 Å². The number of halogens is 1. The summed E-state index contributed by atoms with van der Waals surface area (Å²) in [5.41, 5.74) is 8.30. The molecule has 0 spiro atoms. The minimum absolute atomic E-state index is 0.00374. The summed E-state index contributed by atoms with van der Waals surface area (Å²) in [6.07, 6.45) is 1.43. The molecule has 1 aliphatic rings. The van der Waals surface area contributed by atoms with Gasteiger partial charge in [0.1, 0.15) is 5.82 Å². The Labute approximate surface area is 142 Å². The van der Waals surface area contributed by atoms with Crippen molar-refractivity contribution in [1.29, 1.82) is 0 Å². The molecule has 1 aliphatic heterocycles. The second kappa shape index (κ2) is 7.14. The molecule has 126 valence electrons. The Morgan fingerprint density at radius 2 is 1.88 bits per heavy atom. The fraction of sp³-hybridized carbons (Fsp3) is 0.350. The van der Waals surface area contributed by atoms with Crippen LogP contribution in [-0.4, -0.2) is 29.4 Å². The van der Waals surface area contributed by atoms with Gasteiger partial charge >= 0.3 is 0 Å². The van der Waals surface area contributed by atoms with E-state index < -0.39 is 6.04 Å². The van der Waals surface area contributed by atoms with Crippen molar-refractivity contribution >= 4 is 5.91 Å². The molecule has 3 nitrogen and oxygen atoms in total. The third kappa shape index (κ3) is 3.65. The van der Waals surface area contributed by atoms with Crippen LogP contribution in [0.25, 0.3) is 0 Å². The van der Waals surface area contributed by atoms with Crippen LogP contribution in [0.15, 0.2) is 54.6 Å². The van der Waals surface area contributed by atoms with Crippen molar-refractivity contribution in [2.24, 2.45) is 5.73 Å². The number of carbonyl (C=O) groups is 1. The average Bonchev–Trinajstić information content (AvgIpc) is 2.97. The lowest BCUT2D eigenvalue weighted by molar-refractivity contribution is -0.133. The molecule has 3 rings (SSSR count). The number of nitrogens with zero attached hydrogens (tertiary/aromatic N) is 1. The van der Waals surface area contributed by atoms with Crippen LogP contribution in [0.5, 0.6) is 0 Å². The first-order chi connectivity index (χ1) is 11.5. The van der Waals surface area contributed by atoms with Crippen LogP contribution in [0.1, 0.15) is 30.4 Å². The minimum Gasteiger partial charge on any atom is -0.338 e. The van der Waals surface area contributed by atoms with Gasteiger partial charge in [-0.3, -0.25) is 4.79 Å². The van der Waals surface area contributed by atoms with E-state index in [4.69, 9.17) is 5.73 Å². The highest BCUT2D eigenvalue weighted by molar-refractivity contribution is 5.82. The van der Waals surface area contributed by atoms with Crippen molar-refractivity contribution in [3.8, 4) is 0 Å². The Bertz CT molecular complexity index is 687. The van der Waals surface area contributed by atoms with Crippen LogP contribution >= 0.6 is 0 Å². The third-order valence-electron chi connectivity index (χ3n) is 4.81. The number of amides is 1. The zero-order chi connectivity index (χ0) is 17.1. The van der Waals surface area contributed by atoms with E-state index in [1.54, 1.807) is 0 Å². The molecule has 1 fully saturated rings. The molecule has 4 heteroatoms. The first kappa shape index (κ1) is 16.7. The van der Waals surface area contributed by atoms with Gasteiger partial charge in [0.2, 0.25) is 5.91 Å². The molecule has 24 heavy (non-hydrogen) atoms. The Hall–Kier alpha value is -2.20. The number of benzene rings is 2. The maximum absolute atomic E-state index is 13.1. The van der Waals surface area contributed by atoms with Crippen molar-refractivity contribution in [3.63, 3.8) is 0 Å². The van der Waals surface area contributed by atoms with Gasteiger partial charge in [0, 0.05) is 18.5 Å². The van der Waals surface area contributed by atoms with Crippen molar-refractivity contribution < 1.29 is 9.18 Å². The predicted octanol–water partition coefficient (Wildman–Crippen LogP) is 3.10. The van der Waals surface area contributed by atoms with Crippen LogP contribution in [0, 0.1) is 5.82 Å². The lowest BCUT2D eigenvalue weighted by Crippen LogP contribution is -2.46. The van der Waals surface area contributed by atoms with Gasteiger partial charge in [-0.1, -0.05) is 42.5 Å². The van der Waals surface area contributed by atoms with Crippen LogP contribution < -0.4 is 5.73 Å². The quantitative estimate of drug-likeness (QED) is 0.938. The molecule has 0 aliphatic carbocycles. The van der Waals surface area contributed by atoms with Crippen LogP contribution in [-0.2, 0) is 11.2 Å². The normalized spacial score (nSPS) is 21.7. The molecule has 1 saturated heterocycles.